The SMILES string of the molecule is CCc1ccc(C(=O)Oc2c(F)c(F)c(C)c(F)c2F)cc1. The highest BCUT2D eigenvalue weighted by Gasteiger charge is 2.26. The van der Waals surface area contributed by atoms with Crippen molar-refractivity contribution >= 4 is 5.97 Å². The second-order valence-electron chi connectivity index (χ2n) is 4.65. The minimum absolute atomic E-state index is 0.0115. The molecule has 0 unspecified atom stereocenters. The monoisotopic (exact) mass is 312 g/mol. The molecule has 6 heteroatoms. The van der Waals surface area contributed by atoms with Gasteiger partial charge in [0.2, 0.25) is 17.4 Å². The molecule has 2 aromatic carbocycles. The molecule has 2 nitrogen and oxygen atoms in total. The number of esters is 1. The van der Waals surface area contributed by atoms with Gasteiger partial charge in [-0.15, -0.1) is 0 Å². The van der Waals surface area contributed by atoms with E-state index >= 15 is 0 Å². The first-order valence-electron chi connectivity index (χ1n) is 6.50. The third-order valence-corrected chi connectivity index (χ3v) is 3.24. The number of hydrogen-bond acceptors (Lipinski definition) is 2. The van der Waals surface area contributed by atoms with Crippen LogP contribution in [0.1, 0.15) is 28.4 Å². The predicted octanol–water partition coefficient (Wildman–Crippen LogP) is 4.33. The first kappa shape index (κ1) is 16.0. The van der Waals surface area contributed by atoms with Crippen LogP contribution in [0.2, 0.25) is 0 Å². The Hall–Kier alpha value is -2.37. The van der Waals surface area contributed by atoms with Gasteiger partial charge in [0.05, 0.1) is 5.56 Å². The zero-order valence-electron chi connectivity index (χ0n) is 11.8. The van der Waals surface area contributed by atoms with Crippen molar-refractivity contribution in [2.45, 2.75) is 20.3 Å². The number of carbonyl (C=O) groups excluding carboxylic acids is 1. The molecule has 2 aromatic rings. The third-order valence-electron chi connectivity index (χ3n) is 3.24. The zero-order chi connectivity index (χ0) is 16.4. The summed E-state index contributed by atoms with van der Waals surface area (Å²) >= 11 is 0. The first-order chi connectivity index (χ1) is 10.4. The van der Waals surface area contributed by atoms with Crippen molar-refractivity contribution in [2.24, 2.45) is 0 Å². The molecule has 0 aromatic heterocycles. The molecule has 0 fully saturated rings. The molecule has 0 aliphatic carbocycles. The average Bonchev–Trinajstić information content (AvgIpc) is 2.55. The van der Waals surface area contributed by atoms with Gasteiger partial charge in [-0.3, -0.25) is 0 Å². The summed E-state index contributed by atoms with van der Waals surface area (Å²) in [7, 11) is 0. The fraction of sp³-hybridized carbons (Fsp3) is 0.188. The largest absolute Gasteiger partial charge is 0.416 e. The summed E-state index contributed by atoms with van der Waals surface area (Å²) in [5, 5.41) is 0. The van der Waals surface area contributed by atoms with E-state index in [2.05, 4.69) is 4.74 Å². The quantitative estimate of drug-likeness (QED) is 0.365. The normalized spacial score (nSPS) is 10.6. The molecule has 22 heavy (non-hydrogen) atoms. The Balaban J connectivity index is 2.36. The lowest BCUT2D eigenvalue weighted by Crippen LogP contribution is -2.13. The highest BCUT2D eigenvalue weighted by molar-refractivity contribution is 5.91. The maximum absolute atomic E-state index is 13.6. The molecule has 116 valence electrons. The van der Waals surface area contributed by atoms with Crippen LogP contribution >= 0.6 is 0 Å². The number of carbonyl (C=O) groups is 1. The van der Waals surface area contributed by atoms with Crippen molar-refractivity contribution in [2.75, 3.05) is 0 Å². The Morgan fingerprint density at radius 2 is 1.45 bits per heavy atom. The van der Waals surface area contributed by atoms with Gasteiger partial charge in [-0.1, -0.05) is 19.1 Å². The van der Waals surface area contributed by atoms with Gasteiger partial charge in [0.15, 0.2) is 11.6 Å². The maximum Gasteiger partial charge on any atom is 0.343 e. The summed E-state index contributed by atoms with van der Waals surface area (Å²) in [6, 6.07) is 6.08. The lowest BCUT2D eigenvalue weighted by Gasteiger charge is -2.10. The number of rotatable bonds is 3. The van der Waals surface area contributed by atoms with Crippen LogP contribution < -0.4 is 4.74 Å². The predicted molar refractivity (Wildman–Crippen MR) is 71.8 cm³/mol. The lowest BCUT2D eigenvalue weighted by molar-refractivity contribution is 0.0717. The zero-order valence-corrected chi connectivity index (χ0v) is 11.8. The summed E-state index contributed by atoms with van der Waals surface area (Å²) in [5.74, 6) is -9.16. The molecule has 0 saturated heterocycles. The molecule has 0 N–H and O–H groups in total. The molecule has 0 radical (unpaired) electrons. The van der Waals surface area contributed by atoms with Crippen LogP contribution in [-0.2, 0) is 6.42 Å². The molecular weight excluding hydrogens is 300 g/mol. The smallest absolute Gasteiger partial charge is 0.343 e. The van der Waals surface area contributed by atoms with Crippen LogP contribution in [0.4, 0.5) is 17.6 Å². The molecule has 0 aliphatic rings. The summed E-state index contributed by atoms with van der Waals surface area (Å²) in [6.07, 6.45) is 0.743. The summed E-state index contributed by atoms with van der Waals surface area (Å²) in [4.78, 5) is 11.8. The Labute approximate surface area is 124 Å². The van der Waals surface area contributed by atoms with Gasteiger partial charge < -0.3 is 4.74 Å². The van der Waals surface area contributed by atoms with E-state index in [9.17, 15) is 22.4 Å². The fourth-order valence-electron chi connectivity index (χ4n) is 1.84. The van der Waals surface area contributed by atoms with Gasteiger partial charge in [0.25, 0.3) is 0 Å². The van der Waals surface area contributed by atoms with Crippen LogP contribution in [-0.4, -0.2) is 5.97 Å². The van der Waals surface area contributed by atoms with Crippen LogP contribution in [0.15, 0.2) is 24.3 Å². The minimum Gasteiger partial charge on any atom is -0.416 e. The van der Waals surface area contributed by atoms with E-state index < -0.39 is 40.6 Å². The van der Waals surface area contributed by atoms with Crippen molar-refractivity contribution in [3.05, 3.63) is 64.2 Å². The van der Waals surface area contributed by atoms with Crippen molar-refractivity contribution in [3.63, 3.8) is 0 Å². The number of aryl methyl sites for hydroxylation is 1. The highest BCUT2D eigenvalue weighted by atomic mass is 19.2. The van der Waals surface area contributed by atoms with E-state index in [1.54, 1.807) is 12.1 Å². The molecule has 0 bridgehead atoms. The molecular formula is C16H12F4O2. The Morgan fingerprint density at radius 1 is 0.955 bits per heavy atom. The second kappa shape index (κ2) is 6.17. The Bertz CT molecular complexity index is 695. The molecule has 0 amide bonds. The second-order valence-corrected chi connectivity index (χ2v) is 4.65. The van der Waals surface area contributed by atoms with E-state index in [4.69, 9.17) is 0 Å². The van der Waals surface area contributed by atoms with E-state index in [1.165, 1.54) is 12.1 Å². The Kier molecular flexibility index (Phi) is 4.49. The van der Waals surface area contributed by atoms with Crippen LogP contribution in [0.3, 0.4) is 0 Å². The minimum atomic E-state index is -1.74. The van der Waals surface area contributed by atoms with Crippen molar-refractivity contribution in [1.82, 2.24) is 0 Å². The number of benzene rings is 2. The van der Waals surface area contributed by atoms with Gasteiger partial charge in [-0.05, 0) is 31.0 Å². The highest BCUT2D eigenvalue weighted by Crippen LogP contribution is 2.30. The number of hydrogen-bond donors (Lipinski definition) is 0. The summed E-state index contributed by atoms with van der Waals surface area (Å²) in [5.41, 5.74) is 0.140. The van der Waals surface area contributed by atoms with Gasteiger partial charge in [-0.25, -0.2) is 13.6 Å². The molecule has 2 rings (SSSR count). The number of halogens is 4. The lowest BCUT2D eigenvalue weighted by atomic mass is 10.1. The van der Waals surface area contributed by atoms with E-state index in [0.29, 0.717) is 0 Å². The van der Waals surface area contributed by atoms with Crippen molar-refractivity contribution in [1.29, 1.82) is 0 Å². The molecule has 0 atom stereocenters. The standard InChI is InChI=1S/C16H12F4O2/c1-3-9-4-6-10(7-5-9)16(21)22-15-13(19)11(17)8(2)12(18)14(15)20/h4-7H,3H2,1-2H3. The Morgan fingerprint density at radius 3 is 1.91 bits per heavy atom. The van der Waals surface area contributed by atoms with Crippen molar-refractivity contribution < 1.29 is 27.1 Å². The molecule has 0 heterocycles. The van der Waals surface area contributed by atoms with E-state index in [1.807, 2.05) is 6.92 Å². The number of ether oxygens (including phenoxy) is 1. The molecule has 0 aliphatic heterocycles. The van der Waals surface area contributed by atoms with Crippen molar-refractivity contribution in [3.8, 4) is 5.75 Å². The van der Waals surface area contributed by atoms with E-state index in [0.717, 1.165) is 18.9 Å². The van der Waals surface area contributed by atoms with Gasteiger partial charge in [-0.2, -0.15) is 8.78 Å². The summed E-state index contributed by atoms with van der Waals surface area (Å²) < 4.78 is 58.6. The molecule has 0 spiro atoms. The third kappa shape index (κ3) is 2.81. The topological polar surface area (TPSA) is 26.3 Å². The van der Waals surface area contributed by atoms with E-state index in [-0.39, 0.29) is 5.56 Å². The van der Waals surface area contributed by atoms with Crippen LogP contribution in [0.5, 0.6) is 5.75 Å². The van der Waals surface area contributed by atoms with Crippen LogP contribution in [0, 0.1) is 30.2 Å². The van der Waals surface area contributed by atoms with Gasteiger partial charge in [0, 0.05) is 5.56 Å². The fourth-order valence-corrected chi connectivity index (χ4v) is 1.84. The van der Waals surface area contributed by atoms with Crippen LogP contribution in [0.25, 0.3) is 0 Å². The van der Waals surface area contributed by atoms with Gasteiger partial charge in [0.1, 0.15) is 0 Å². The average molecular weight is 312 g/mol. The first-order valence-corrected chi connectivity index (χ1v) is 6.50. The van der Waals surface area contributed by atoms with Gasteiger partial charge >= 0.3 is 5.97 Å². The maximum atomic E-state index is 13.6. The molecule has 0 saturated carbocycles. The summed E-state index contributed by atoms with van der Waals surface area (Å²) in [6.45, 7) is 2.79.